The molecule has 1 heterocycles. The van der Waals surface area contributed by atoms with E-state index in [0.29, 0.717) is 5.82 Å². The molecule has 20 heavy (non-hydrogen) atoms. The average molecular weight is 284 g/mol. The number of nitrogens with zero attached hydrogens (tertiary/aromatic N) is 2. The molecule has 3 rings (SSSR count). The van der Waals surface area contributed by atoms with E-state index >= 15 is 0 Å². The number of anilines is 1. The first-order valence-corrected chi connectivity index (χ1v) is 6.74. The third-order valence-corrected chi connectivity index (χ3v) is 3.41. The minimum atomic E-state index is 0.663. The Morgan fingerprint density at radius 2 is 1.85 bits per heavy atom. The van der Waals surface area contributed by atoms with Gasteiger partial charge in [-0.3, -0.25) is 0 Å². The molecule has 0 aliphatic heterocycles. The molecule has 100 valence electrons. The van der Waals surface area contributed by atoms with Gasteiger partial charge >= 0.3 is 0 Å². The van der Waals surface area contributed by atoms with E-state index in [1.807, 2.05) is 60.8 Å². The largest absolute Gasteiger partial charge is 0.383 e. The van der Waals surface area contributed by atoms with Gasteiger partial charge in [0, 0.05) is 17.0 Å². The molecule has 0 aliphatic carbocycles. The SMILES string of the molecule is Nc1c(Cc2cccc(Cl)c2)cnn1-c1ccccc1. The number of hydrogen-bond acceptors (Lipinski definition) is 2. The van der Waals surface area contributed by atoms with Gasteiger partial charge in [-0.25, -0.2) is 4.68 Å². The molecule has 0 unspecified atom stereocenters. The number of nitrogen functional groups attached to an aromatic ring is 1. The molecule has 0 bridgehead atoms. The summed E-state index contributed by atoms with van der Waals surface area (Å²) in [6, 6.07) is 17.6. The molecule has 0 amide bonds. The number of aromatic nitrogens is 2. The summed E-state index contributed by atoms with van der Waals surface area (Å²) in [5.41, 5.74) is 9.27. The standard InChI is InChI=1S/C16H14ClN3/c17-14-6-4-5-12(10-14)9-13-11-19-20(16(13)18)15-7-2-1-3-8-15/h1-8,10-11H,9,18H2. The predicted molar refractivity (Wildman–Crippen MR) is 82.2 cm³/mol. The molecule has 0 radical (unpaired) electrons. The van der Waals surface area contributed by atoms with Gasteiger partial charge in [0.2, 0.25) is 0 Å². The Morgan fingerprint density at radius 3 is 2.60 bits per heavy atom. The van der Waals surface area contributed by atoms with E-state index < -0.39 is 0 Å². The lowest BCUT2D eigenvalue weighted by atomic mass is 10.1. The van der Waals surface area contributed by atoms with E-state index in [1.54, 1.807) is 4.68 Å². The van der Waals surface area contributed by atoms with Gasteiger partial charge in [0.05, 0.1) is 11.9 Å². The van der Waals surface area contributed by atoms with E-state index in [-0.39, 0.29) is 0 Å². The zero-order valence-corrected chi connectivity index (χ0v) is 11.6. The van der Waals surface area contributed by atoms with Gasteiger partial charge in [-0.1, -0.05) is 41.9 Å². The van der Waals surface area contributed by atoms with Crippen molar-refractivity contribution in [1.29, 1.82) is 0 Å². The molecule has 2 aromatic carbocycles. The second-order valence-corrected chi connectivity index (χ2v) is 5.05. The van der Waals surface area contributed by atoms with Crippen LogP contribution in [0.2, 0.25) is 5.02 Å². The molecular formula is C16H14ClN3. The number of nitrogens with two attached hydrogens (primary N) is 1. The van der Waals surface area contributed by atoms with Gasteiger partial charge in [0.15, 0.2) is 0 Å². The van der Waals surface area contributed by atoms with Crippen molar-refractivity contribution in [2.24, 2.45) is 0 Å². The van der Waals surface area contributed by atoms with E-state index in [4.69, 9.17) is 17.3 Å². The summed E-state index contributed by atoms with van der Waals surface area (Å²) in [5.74, 6) is 0.663. The Bertz CT molecular complexity index is 720. The number of para-hydroxylation sites is 1. The first-order valence-electron chi connectivity index (χ1n) is 6.36. The average Bonchev–Trinajstić information content (AvgIpc) is 2.81. The van der Waals surface area contributed by atoms with Crippen LogP contribution in [0.1, 0.15) is 11.1 Å². The molecule has 0 saturated heterocycles. The molecule has 4 heteroatoms. The highest BCUT2D eigenvalue weighted by atomic mass is 35.5. The molecule has 0 fully saturated rings. The maximum absolute atomic E-state index is 6.19. The summed E-state index contributed by atoms with van der Waals surface area (Å²) < 4.78 is 1.75. The predicted octanol–water partition coefficient (Wildman–Crippen LogP) is 3.70. The lowest BCUT2D eigenvalue weighted by molar-refractivity contribution is 0.891. The number of hydrogen-bond donors (Lipinski definition) is 1. The van der Waals surface area contributed by atoms with Crippen molar-refractivity contribution in [3.8, 4) is 5.69 Å². The van der Waals surface area contributed by atoms with Crippen molar-refractivity contribution in [3.05, 3.63) is 76.9 Å². The van der Waals surface area contributed by atoms with Crippen molar-refractivity contribution in [2.75, 3.05) is 5.73 Å². The summed E-state index contributed by atoms with van der Waals surface area (Å²) in [7, 11) is 0. The minimum Gasteiger partial charge on any atom is -0.383 e. The van der Waals surface area contributed by atoms with E-state index in [2.05, 4.69) is 5.10 Å². The first-order chi connectivity index (χ1) is 9.74. The number of benzene rings is 2. The Balaban J connectivity index is 1.91. The monoisotopic (exact) mass is 283 g/mol. The Hall–Kier alpha value is -2.26. The maximum atomic E-state index is 6.19. The first kappa shape index (κ1) is 12.8. The molecule has 0 saturated carbocycles. The molecule has 3 nitrogen and oxygen atoms in total. The lowest BCUT2D eigenvalue weighted by Crippen LogP contribution is -2.03. The van der Waals surface area contributed by atoms with Crippen LogP contribution in [0, 0.1) is 0 Å². The molecule has 1 aromatic heterocycles. The third-order valence-electron chi connectivity index (χ3n) is 3.17. The summed E-state index contributed by atoms with van der Waals surface area (Å²) in [6.45, 7) is 0. The van der Waals surface area contributed by atoms with Crippen LogP contribution in [0.25, 0.3) is 5.69 Å². The topological polar surface area (TPSA) is 43.8 Å². The van der Waals surface area contributed by atoms with Crippen molar-refractivity contribution >= 4 is 17.4 Å². The lowest BCUT2D eigenvalue weighted by Gasteiger charge is -2.05. The third kappa shape index (κ3) is 2.53. The highest BCUT2D eigenvalue weighted by Crippen LogP contribution is 2.21. The normalized spacial score (nSPS) is 10.7. The van der Waals surface area contributed by atoms with Crippen LogP contribution in [0.4, 0.5) is 5.82 Å². The Labute approximate surface area is 122 Å². The minimum absolute atomic E-state index is 0.663. The Kier molecular flexibility index (Phi) is 3.44. The highest BCUT2D eigenvalue weighted by molar-refractivity contribution is 6.30. The van der Waals surface area contributed by atoms with Crippen LogP contribution in [0.3, 0.4) is 0 Å². The maximum Gasteiger partial charge on any atom is 0.130 e. The van der Waals surface area contributed by atoms with Crippen LogP contribution in [-0.2, 0) is 6.42 Å². The zero-order chi connectivity index (χ0) is 13.9. The fourth-order valence-electron chi connectivity index (χ4n) is 2.17. The summed E-state index contributed by atoms with van der Waals surface area (Å²) in [5, 5.41) is 5.10. The molecular weight excluding hydrogens is 270 g/mol. The van der Waals surface area contributed by atoms with Gasteiger partial charge in [-0.15, -0.1) is 0 Å². The quantitative estimate of drug-likeness (QED) is 0.796. The van der Waals surface area contributed by atoms with Crippen molar-refractivity contribution in [1.82, 2.24) is 9.78 Å². The van der Waals surface area contributed by atoms with Crippen LogP contribution in [0.15, 0.2) is 60.8 Å². The van der Waals surface area contributed by atoms with Crippen LogP contribution >= 0.6 is 11.6 Å². The van der Waals surface area contributed by atoms with E-state index in [0.717, 1.165) is 28.3 Å². The smallest absolute Gasteiger partial charge is 0.130 e. The number of halogens is 1. The van der Waals surface area contributed by atoms with Gasteiger partial charge in [-0.2, -0.15) is 5.10 Å². The fraction of sp³-hybridized carbons (Fsp3) is 0.0625. The van der Waals surface area contributed by atoms with Crippen LogP contribution in [0.5, 0.6) is 0 Å². The molecule has 0 atom stereocenters. The number of rotatable bonds is 3. The molecule has 3 aromatic rings. The molecule has 0 aliphatic rings. The van der Waals surface area contributed by atoms with E-state index in [9.17, 15) is 0 Å². The van der Waals surface area contributed by atoms with Crippen molar-refractivity contribution in [2.45, 2.75) is 6.42 Å². The van der Waals surface area contributed by atoms with Gasteiger partial charge < -0.3 is 5.73 Å². The fourth-order valence-corrected chi connectivity index (χ4v) is 2.38. The van der Waals surface area contributed by atoms with Crippen molar-refractivity contribution in [3.63, 3.8) is 0 Å². The zero-order valence-electron chi connectivity index (χ0n) is 10.8. The van der Waals surface area contributed by atoms with Crippen LogP contribution < -0.4 is 5.73 Å². The summed E-state index contributed by atoms with van der Waals surface area (Å²) in [6.07, 6.45) is 2.53. The molecule has 2 N–H and O–H groups in total. The van der Waals surface area contributed by atoms with E-state index in [1.165, 1.54) is 0 Å². The highest BCUT2D eigenvalue weighted by Gasteiger charge is 2.09. The van der Waals surface area contributed by atoms with Gasteiger partial charge in [0.1, 0.15) is 5.82 Å². The Morgan fingerprint density at radius 1 is 1.05 bits per heavy atom. The second kappa shape index (κ2) is 5.39. The second-order valence-electron chi connectivity index (χ2n) is 4.61. The summed E-state index contributed by atoms with van der Waals surface area (Å²) >= 11 is 6.00. The van der Waals surface area contributed by atoms with Crippen molar-refractivity contribution < 1.29 is 0 Å². The van der Waals surface area contributed by atoms with Crippen LogP contribution in [-0.4, -0.2) is 9.78 Å². The summed E-state index contributed by atoms with van der Waals surface area (Å²) in [4.78, 5) is 0. The van der Waals surface area contributed by atoms with Gasteiger partial charge in [-0.05, 0) is 29.8 Å². The molecule has 0 spiro atoms. The van der Waals surface area contributed by atoms with Gasteiger partial charge in [0.25, 0.3) is 0 Å².